The SMILES string of the molecule is CCC1CCCCC1Nc1nc2c(s1)CCCC2C(=O)O. The molecular formula is C16H24N2O2S. The molecule has 4 nitrogen and oxygen atoms in total. The number of aromatic nitrogens is 1. The first-order chi connectivity index (χ1) is 10.2. The zero-order valence-electron chi connectivity index (χ0n) is 12.6. The summed E-state index contributed by atoms with van der Waals surface area (Å²) in [6.45, 7) is 2.26. The van der Waals surface area contributed by atoms with Crippen LogP contribution >= 0.6 is 11.3 Å². The molecule has 0 aliphatic heterocycles. The lowest BCUT2D eigenvalue weighted by molar-refractivity contribution is -0.139. The van der Waals surface area contributed by atoms with E-state index in [0.717, 1.165) is 36.0 Å². The van der Waals surface area contributed by atoms with Gasteiger partial charge in [0.2, 0.25) is 0 Å². The fourth-order valence-corrected chi connectivity index (χ4v) is 4.89. The summed E-state index contributed by atoms with van der Waals surface area (Å²) >= 11 is 1.68. The van der Waals surface area contributed by atoms with E-state index >= 15 is 0 Å². The Morgan fingerprint density at radius 2 is 2.14 bits per heavy atom. The molecule has 0 aromatic carbocycles. The second kappa shape index (κ2) is 6.34. The highest BCUT2D eigenvalue weighted by Gasteiger charge is 2.31. The number of fused-ring (bicyclic) bond motifs is 1. The Kier molecular flexibility index (Phi) is 4.48. The molecule has 5 heteroatoms. The molecule has 116 valence electrons. The van der Waals surface area contributed by atoms with Gasteiger partial charge in [-0.1, -0.05) is 26.2 Å². The van der Waals surface area contributed by atoms with Gasteiger partial charge < -0.3 is 10.4 Å². The predicted octanol–water partition coefficient (Wildman–Crippen LogP) is 4.03. The molecule has 2 aliphatic carbocycles. The quantitative estimate of drug-likeness (QED) is 0.881. The van der Waals surface area contributed by atoms with Crippen molar-refractivity contribution >= 4 is 22.4 Å². The van der Waals surface area contributed by atoms with Crippen molar-refractivity contribution in [2.45, 2.75) is 70.3 Å². The predicted molar refractivity (Wildman–Crippen MR) is 85.1 cm³/mol. The van der Waals surface area contributed by atoms with E-state index in [1.54, 1.807) is 11.3 Å². The van der Waals surface area contributed by atoms with Crippen LogP contribution < -0.4 is 5.32 Å². The Bertz CT molecular complexity index is 514. The van der Waals surface area contributed by atoms with Crippen LogP contribution in [0.2, 0.25) is 0 Å². The summed E-state index contributed by atoms with van der Waals surface area (Å²) in [5.41, 5.74) is 0.824. The number of anilines is 1. The van der Waals surface area contributed by atoms with Gasteiger partial charge in [-0.3, -0.25) is 4.79 Å². The third-order valence-corrected chi connectivity index (χ3v) is 6.06. The average molecular weight is 308 g/mol. The first kappa shape index (κ1) is 14.8. The molecule has 3 rings (SSSR count). The summed E-state index contributed by atoms with van der Waals surface area (Å²) in [5.74, 6) is -0.388. The summed E-state index contributed by atoms with van der Waals surface area (Å²) < 4.78 is 0. The van der Waals surface area contributed by atoms with Crippen molar-refractivity contribution in [1.29, 1.82) is 0 Å². The van der Waals surface area contributed by atoms with E-state index in [1.165, 1.54) is 37.0 Å². The van der Waals surface area contributed by atoms with Crippen LogP contribution in [-0.2, 0) is 11.2 Å². The molecule has 1 saturated carbocycles. The van der Waals surface area contributed by atoms with Gasteiger partial charge in [0.05, 0.1) is 5.69 Å². The van der Waals surface area contributed by atoms with Crippen molar-refractivity contribution in [1.82, 2.24) is 4.98 Å². The number of hydrogen-bond donors (Lipinski definition) is 2. The van der Waals surface area contributed by atoms with E-state index in [1.807, 2.05) is 0 Å². The van der Waals surface area contributed by atoms with Gasteiger partial charge >= 0.3 is 5.97 Å². The highest BCUT2D eigenvalue weighted by molar-refractivity contribution is 7.15. The number of thiazole rings is 1. The fourth-order valence-electron chi connectivity index (χ4n) is 3.77. The number of aryl methyl sites for hydroxylation is 1. The number of carboxylic acid groups (broad SMARTS) is 1. The van der Waals surface area contributed by atoms with Crippen LogP contribution in [0.4, 0.5) is 5.13 Å². The Hall–Kier alpha value is -1.10. The molecule has 1 heterocycles. The van der Waals surface area contributed by atoms with Gasteiger partial charge in [0.15, 0.2) is 5.13 Å². The lowest BCUT2D eigenvalue weighted by atomic mass is 9.83. The molecule has 1 fully saturated rings. The maximum Gasteiger partial charge on any atom is 0.312 e. The third-order valence-electron chi connectivity index (χ3n) is 4.99. The molecule has 0 amide bonds. The first-order valence-corrected chi connectivity index (χ1v) is 8.99. The molecule has 2 N–H and O–H groups in total. The molecule has 0 spiro atoms. The fraction of sp³-hybridized carbons (Fsp3) is 0.750. The van der Waals surface area contributed by atoms with Gasteiger partial charge in [-0.25, -0.2) is 4.98 Å². The summed E-state index contributed by atoms with van der Waals surface area (Å²) in [4.78, 5) is 17.2. The molecular weight excluding hydrogens is 284 g/mol. The number of carbonyl (C=O) groups is 1. The van der Waals surface area contributed by atoms with Gasteiger partial charge in [-0.05, 0) is 38.0 Å². The van der Waals surface area contributed by atoms with E-state index in [-0.39, 0.29) is 0 Å². The molecule has 21 heavy (non-hydrogen) atoms. The minimum Gasteiger partial charge on any atom is -0.481 e. The van der Waals surface area contributed by atoms with Gasteiger partial charge in [0.25, 0.3) is 0 Å². The Morgan fingerprint density at radius 3 is 2.90 bits per heavy atom. The van der Waals surface area contributed by atoms with Crippen LogP contribution in [0.15, 0.2) is 0 Å². The summed E-state index contributed by atoms with van der Waals surface area (Å²) in [7, 11) is 0. The first-order valence-electron chi connectivity index (χ1n) is 8.18. The van der Waals surface area contributed by atoms with E-state index in [0.29, 0.717) is 6.04 Å². The van der Waals surface area contributed by atoms with E-state index in [2.05, 4.69) is 17.2 Å². The summed E-state index contributed by atoms with van der Waals surface area (Å²) in [6, 6.07) is 0.514. The van der Waals surface area contributed by atoms with Gasteiger partial charge in [-0.15, -0.1) is 11.3 Å². The summed E-state index contributed by atoms with van der Waals surface area (Å²) in [6.07, 6.45) is 9.03. The highest BCUT2D eigenvalue weighted by Crippen LogP contribution is 2.38. The van der Waals surface area contributed by atoms with Crippen molar-refractivity contribution in [3.8, 4) is 0 Å². The van der Waals surface area contributed by atoms with Crippen LogP contribution in [0.3, 0.4) is 0 Å². The largest absolute Gasteiger partial charge is 0.481 e. The second-order valence-corrected chi connectivity index (χ2v) is 7.40. The summed E-state index contributed by atoms with van der Waals surface area (Å²) in [5, 5.41) is 13.9. The van der Waals surface area contributed by atoms with E-state index in [4.69, 9.17) is 0 Å². The molecule has 0 saturated heterocycles. The maximum absolute atomic E-state index is 11.4. The van der Waals surface area contributed by atoms with Crippen LogP contribution in [0.1, 0.15) is 68.4 Å². The average Bonchev–Trinajstić information content (AvgIpc) is 2.89. The number of nitrogens with one attached hydrogen (secondary N) is 1. The second-order valence-electron chi connectivity index (χ2n) is 6.31. The molecule has 0 bridgehead atoms. The minimum atomic E-state index is -0.725. The van der Waals surface area contributed by atoms with Crippen LogP contribution in [0.5, 0.6) is 0 Å². The van der Waals surface area contributed by atoms with E-state index < -0.39 is 11.9 Å². The maximum atomic E-state index is 11.4. The third kappa shape index (κ3) is 3.07. The van der Waals surface area contributed by atoms with Gasteiger partial charge in [0.1, 0.15) is 5.92 Å². The number of rotatable bonds is 4. The Morgan fingerprint density at radius 1 is 1.33 bits per heavy atom. The van der Waals surface area contributed by atoms with Crippen molar-refractivity contribution in [2.24, 2.45) is 5.92 Å². The van der Waals surface area contributed by atoms with Crippen LogP contribution in [-0.4, -0.2) is 22.1 Å². The molecule has 0 radical (unpaired) electrons. The number of aliphatic carboxylic acids is 1. The van der Waals surface area contributed by atoms with Gasteiger partial charge in [0, 0.05) is 10.9 Å². The normalized spacial score (nSPS) is 28.9. The molecule has 3 unspecified atom stereocenters. The standard InChI is InChI=1S/C16H24N2O2S/c1-2-10-6-3-4-8-12(10)17-16-18-14-11(15(19)20)7-5-9-13(14)21-16/h10-12H,2-9H2,1H3,(H,17,18)(H,19,20). The van der Waals surface area contributed by atoms with Crippen LogP contribution in [0, 0.1) is 5.92 Å². The van der Waals surface area contributed by atoms with E-state index in [9.17, 15) is 9.90 Å². The molecule has 3 atom stereocenters. The van der Waals surface area contributed by atoms with Crippen molar-refractivity contribution in [3.05, 3.63) is 10.6 Å². The Balaban J connectivity index is 1.76. The number of nitrogens with zero attached hydrogens (tertiary/aromatic N) is 1. The van der Waals surface area contributed by atoms with Gasteiger partial charge in [-0.2, -0.15) is 0 Å². The number of hydrogen-bond acceptors (Lipinski definition) is 4. The van der Waals surface area contributed by atoms with Crippen molar-refractivity contribution in [2.75, 3.05) is 5.32 Å². The van der Waals surface area contributed by atoms with Crippen LogP contribution in [0.25, 0.3) is 0 Å². The van der Waals surface area contributed by atoms with Crippen molar-refractivity contribution < 1.29 is 9.90 Å². The molecule has 1 aromatic rings. The smallest absolute Gasteiger partial charge is 0.312 e. The Labute approximate surface area is 130 Å². The number of carboxylic acids is 1. The highest BCUT2D eigenvalue weighted by atomic mass is 32.1. The molecule has 2 aliphatic rings. The monoisotopic (exact) mass is 308 g/mol. The minimum absolute atomic E-state index is 0.395. The lowest BCUT2D eigenvalue weighted by Gasteiger charge is -2.31. The zero-order chi connectivity index (χ0) is 14.8. The van der Waals surface area contributed by atoms with Crippen molar-refractivity contribution in [3.63, 3.8) is 0 Å². The lowest BCUT2D eigenvalue weighted by Crippen LogP contribution is -2.31. The topological polar surface area (TPSA) is 62.2 Å². The molecule has 1 aromatic heterocycles. The zero-order valence-corrected chi connectivity index (χ0v) is 13.4.